The van der Waals surface area contributed by atoms with Crippen LogP contribution in [-0.2, 0) is 16.1 Å². The van der Waals surface area contributed by atoms with E-state index >= 15 is 0 Å². The molecule has 0 bridgehead atoms. The highest BCUT2D eigenvalue weighted by Gasteiger charge is 2.18. The van der Waals surface area contributed by atoms with Gasteiger partial charge in [-0.2, -0.15) is 0 Å². The van der Waals surface area contributed by atoms with Crippen LogP contribution in [0.25, 0.3) is 23.1 Å². The highest BCUT2D eigenvalue weighted by molar-refractivity contribution is 5.73. The number of allylic oxidation sites excluding steroid dienone is 4. The SMILES string of the molecule is [C-]#[N+]c1c(O)n(CC(=O)O)c(=O)c(=C2C=C(C)OC(/C=C/c3ccc(N(C)C)cc3)=C2)c1=C. The molecule has 3 rings (SSSR count). The predicted octanol–water partition coefficient (Wildman–Crippen LogP) is 2.35. The van der Waals surface area contributed by atoms with Gasteiger partial charge in [0.2, 0.25) is 0 Å². The van der Waals surface area contributed by atoms with E-state index in [1.165, 1.54) is 0 Å². The summed E-state index contributed by atoms with van der Waals surface area (Å²) in [4.78, 5) is 29.5. The molecule has 0 amide bonds. The number of aromatic nitrogens is 1. The lowest BCUT2D eigenvalue weighted by Gasteiger charge is -2.15. The summed E-state index contributed by atoms with van der Waals surface area (Å²) in [5.41, 5.74) is 1.38. The van der Waals surface area contributed by atoms with Gasteiger partial charge in [-0.3, -0.25) is 14.2 Å². The van der Waals surface area contributed by atoms with E-state index < -0.39 is 24.0 Å². The summed E-state index contributed by atoms with van der Waals surface area (Å²) in [6.07, 6.45) is 6.82. The minimum Gasteiger partial charge on any atom is -0.503 e. The van der Waals surface area contributed by atoms with Crippen molar-refractivity contribution in [2.24, 2.45) is 0 Å². The van der Waals surface area contributed by atoms with Crippen LogP contribution in [0.4, 0.5) is 11.4 Å². The zero-order valence-electron chi connectivity index (χ0n) is 18.5. The van der Waals surface area contributed by atoms with Crippen LogP contribution >= 0.6 is 0 Å². The molecule has 1 aliphatic heterocycles. The Balaban J connectivity index is 2.17. The third kappa shape index (κ3) is 4.88. The molecule has 1 aromatic heterocycles. The van der Waals surface area contributed by atoms with E-state index in [4.69, 9.17) is 16.4 Å². The van der Waals surface area contributed by atoms with Crippen LogP contribution < -0.4 is 20.9 Å². The van der Waals surface area contributed by atoms with Crippen molar-refractivity contribution in [1.82, 2.24) is 4.57 Å². The van der Waals surface area contributed by atoms with E-state index in [0.717, 1.165) is 11.3 Å². The number of anilines is 1. The quantitative estimate of drug-likeness (QED) is 0.686. The Bertz CT molecular complexity index is 1420. The molecule has 2 heterocycles. The Morgan fingerprint density at radius 2 is 1.91 bits per heavy atom. The molecule has 2 N–H and O–H groups in total. The second kappa shape index (κ2) is 9.32. The van der Waals surface area contributed by atoms with E-state index in [2.05, 4.69) is 11.4 Å². The second-order valence-electron chi connectivity index (χ2n) is 7.60. The van der Waals surface area contributed by atoms with Gasteiger partial charge in [-0.25, -0.2) is 4.85 Å². The number of carboxylic acids is 1. The lowest BCUT2D eigenvalue weighted by Crippen LogP contribution is -2.46. The number of benzene rings is 1. The predicted molar refractivity (Wildman–Crippen MR) is 127 cm³/mol. The van der Waals surface area contributed by atoms with E-state index in [1.807, 2.05) is 49.3 Å². The number of ether oxygens (including phenoxy) is 1. The maximum absolute atomic E-state index is 13.0. The molecule has 2 aromatic rings. The zero-order chi connectivity index (χ0) is 24.3. The Hall–Kier alpha value is -4.51. The number of hydrogen-bond acceptors (Lipinski definition) is 5. The average Bonchev–Trinajstić information content (AvgIpc) is 2.75. The van der Waals surface area contributed by atoms with Gasteiger partial charge in [0.05, 0.1) is 6.57 Å². The fourth-order valence-electron chi connectivity index (χ4n) is 3.39. The van der Waals surface area contributed by atoms with Gasteiger partial charge in [0.1, 0.15) is 18.1 Å². The molecule has 0 unspecified atom stereocenters. The molecule has 0 fully saturated rings. The number of carbonyl (C=O) groups is 1. The van der Waals surface area contributed by atoms with Crippen molar-refractivity contribution in [3.63, 3.8) is 0 Å². The summed E-state index contributed by atoms with van der Waals surface area (Å²) in [7, 11) is 3.92. The number of rotatable bonds is 5. The smallest absolute Gasteiger partial charge is 0.323 e. The highest BCUT2D eigenvalue weighted by atomic mass is 16.5. The molecule has 0 radical (unpaired) electrons. The van der Waals surface area contributed by atoms with E-state index in [9.17, 15) is 14.7 Å². The molecule has 0 saturated heterocycles. The van der Waals surface area contributed by atoms with Crippen molar-refractivity contribution < 1.29 is 19.7 Å². The summed E-state index contributed by atoms with van der Waals surface area (Å²) in [6, 6.07) is 7.90. The van der Waals surface area contributed by atoms with Crippen LogP contribution in [0.3, 0.4) is 0 Å². The van der Waals surface area contributed by atoms with Gasteiger partial charge >= 0.3 is 5.97 Å². The largest absolute Gasteiger partial charge is 0.503 e. The maximum Gasteiger partial charge on any atom is 0.323 e. The fourth-order valence-corrected chi connectivity index (χ4v) is 3.39. The van der Waals surface area contributed by atoms with Gasteiger partial charge < -0.3 is 19.8 Å². The third-order valence-electron chi connectivity index (χ3n) is 4.99. The summed E-state index contributed by atoms with van der Waals surface area (Å²) in [5.74, 6) is -1.10. The third-order valence-corrected chi connectivity index (χ3v) is 4.99. The molecule has 1 aliphatic rings. The molecule has 168 valence electrons. The summed E-state index contributed by atoms with van der Waals surface area (Å²) in [5, 5.41) is 19.4. The Morgan fingerprint density at radius 1 is 1.24 bits per heavy atom. The minimum absolute atomic E-state index is 0.0222. The molecule has 0 saturated carbocycles. The van der Waals surface area contributed by atoms with E-state index in [1.54, 1.807) is 25.2 Å². The number of pyridine rings is 1. The maximum atomic E-state index is 13.0. The van der Waals surface area contributed by atoms with Gasteiger partial charge in [-0.15, -0.1) is 6.58 Å². The standard InChI is InChI=1S/C25H23N3O5/c1-15-12-18(13-20(33-15)11-8-17-6-9-19(10-7-17)27(4)5)22-16(2)23(26-3)25(32)28(24(22)31)14-21(29)30/h6-13,32H,2,14H2,1,4-5H3,(H,29,30)/b11-8+,22-18?. The molecular formula is C25H23N3O5. The summed E-state index contributed by atoms with van der Waals surface area (Å²) < 4.78 is 6.40. The van der Waals surface area contributed by atoms with Crippen LogP contribution in [0.15, 0.2) is 58.8 Å². The summed E-state index contributed by atoms with van der Waals surface area (Å²) >= 11 is 0. The van der Waals surface area contributed by atoms with Crippen molar-refractivity contribution in [2.45, 2.75) is 13.5 Å². The van der Waals surface area contributed by atoms with Gasteiger partial charge in [0.15, 0.2) is 5.88 Å². The molecule has 8 nitrogen and oxygen atoms in total. The van der Waals surface area contributed by atoms with Crippen molar-refractivity contribution in [3.8, 4) is 5.88 Å². The van der Waals surface area contributed by atoms with E-state index in [-0.39, 0.29) is 16.1 Å². The first kappa shape index (κ1) is 23.2. The topological polar surface area (TPSA) is 96.4 Å². The average molecular weight is 445 g/mol. The number of hydrogen-bond donors (Lipinski definition) is 2. The van der Waals surface area contributed by atoms with Gasteiger partial charge in [0, 0.05) is 25.0 Å². The molecule has 33 heavy (non-hydrogen) atoms. The number of carboxylic acid groups (broad SMARTS) is 1. The molecular weight excluding hydrogens is 422 g/mol. The van der Waals surface area contributed by atoms with Crippen LogP contribution in [0.1, 0.15) is 12.5 Å². The second-order valence-corrected chi connectivity index (χ2v) is 7.60. The van der Waals surface area contributed by atoms with Crippen molar-refractivity contribution in [1.29, 1.82) is 0 Å². The summed E-state index contributed by atoms with van der Waals surface area (Å²) in [6.45, 7) is 12.1. The molecule has 0 atom stereocenters. The number of nitrogens with zero attached hydrogens (tertiary/aromatic N) is 3. The van der Waals surface area contributed by atoms with Gasteiger partial charge in [0.25, 0.3) is 11.2 Å². The first-order valence-corrected chi connectivity index (χ1v) is 9.94. The normalized spacial score (nSPS) is 14.8. The molecule has 0 spiro atoms. The van der Waals surface area contributed by atoms with Gasteiger partial charge in [-0.1, -0.05) is 18.2 Å². The first-order chi connectivity index (χ1) is 15.6. The van der Waals surface area contributed by atoms with E-state index in [0.29, 0.717) is 21.7 Å². The van der Waals surface area contributed by atoms with Crippen LogP contribution in [-0.4, -0.2) is 34.8 Å². The Kier molecular flexibility index (Phi) is 6.54. The lowest BCUT2D eigenvalue weighted by molar-refractivity contribution is -0.137. The molecule has 8 heteroatoms. The molecule has 0 aliphatic carbocycles. The fraction of sp³-hybridized carbons (Fsp3) is 0.160. The number of aromatic hydroxyl groups is 1. The minimum atomic E-state index is -1.32. The van der Waals surface area contributed by atoms with Crippen LogP contribution in [0, 0.1) is 6.57 Å². The highest BCUT2D eigenvalue weighted by Crippen LogP contribution is 2.22. The van der Waals surface area contributed by atoms with Crippen molar-refractivity contribution in [2.75, 3.05) is 19.0 Å². The van der Waals surface area contributed by atoms with Crippen molar-refractivity contribution in [3.05, 3.63) is 91.8 Å². The van der Waals surface area contributed by atoms with Crippen molar-refractivity contribution >= 4 is 35.6 Å². The monoisotopic (exact) mass is 445 g/mol. The lowest BCUT2D eigenvalue weighted by atomic mass is 10.1. The van der Waals surface area contributed by atoms with Crippen LogP contribution in [0.2, 0.25) is 0 Å². The first-order valence-electron chi connectivity index (χ1n) is 9.94. The zero-order valence-corrected chi connectivity index (χ0v) is 18.5. The number of aliphatic carboxylic acids is 1. The Morgan fingerprint density at radius 3 is 2.48 bits per heavy atom. The van der Waals surface area contributed by atoms with Gasteiger partial charge in [-0.05, 0) is 53.6 Å². The molecule has 1 aromatic carbocycles. The van der Waals surface area contributed by atoms with Crippen LogP contribution in [0.5, 0.6) is 5.88 Å². The Labute approximate surface area is 190 Å².